The Morgan fingerprint density at radius 3 is 2.80 bits per heavy atom. The Labute approximate surface area is 116 Å². The van der Waals surface area contributed by atoms with Gasteiger partial charge in [0.1, 0.15) is 11.3 Å². The van der Waals surface area contributed by atoms with Gasteiger partial charge in [0.25, 0.3) is 0 Å². The molecule has 1 heterocycles. The first-order chi connectivity index (χ1) is 9.40. The molecule has 5 heteroatoms. The van der Waals surface area contributed by atoms with Crippen LogP contribution in [0.2, 0.25) is 0 Å². The number of rotatable bonds is 4. The number of aliphatic hydroxyl groups is 1. The highest BCUT2D eigenvalue weighted by molar-refractivity contribution is 5.82. The molecular weight excluding hydrogens is 257 g/mol. The normalized spacial score (nSPS) is 15.8. The molecule has 1 aromatic carbocycles. The van der Waals surface area contributed by atoms with Gasteiger partial charge >= 0.3 is 0 Å². The monoisotopic (exact) mass is 275 g/mol. The zero-order valence-electron chi connectivity index (χ0n) is 11.7. The minimum atomic E-state index is -0.922. The first-order valence-electron chi connectivity index (χ1n) is 6.81. The van der Waals surface area contributed by atoms with Gasteiger partial charge in [-0.1, -0.05) is 17.9 Å². The molecule has 0 spiro atoms. The summed E-state index contributed by atoms with van der Waals surface area (Å²) < 4.78 is 16.2. The Morgan fingerprint density at radius 2 is 2.25 bits per heavy atom. The fraction of sp³-hybridized carbons (Fsp3) is 0.467. The van der Waals surface area contributed by atoms with Crippen LogP contribution < -0.4 is 0 Å². The van der Waals surface area contributed by atoms with Gasteiger partial charge in [-0.2, -0.15) is 0 Å². The van der Waals surface area contributed by atoms with Crippen molar-refractivity contribution in [3.63, 3.8) is 0 Å². The Morgan fingerprint density at radius 1 is 1.55 bits per heavy atom. The molecule has 106 valence electrons. The van der Waals surface area contributed by atoms with Crippen LogP contribution in [0.4, 0.5) is 4.39 Å². The molecule has 0 aliphatic heterocycles. The van der Waals surface area contributed by atoms with Gasteiger partial charge in [0.15, 0.2) is 0 Å². The second-order valence-corrected chi connectivity index (χ2v) is 6.10. The second kappa shape index (κ2) is 4.38. The molecule has 1 saturated carbocycles. The van der Waals surface area contributed by atoms with E-state index in [1.807, 2.05) is 0 Å². The van der Waals surface area contributed by atoms with Crippen molar-refractivity contribution >= 4 is 17.1 Å². The standard InChI is InChI=1S/C15H18FN3O/c1-4-9-7-11-14(12(13(9)16)10-5-6-10)19(18-17-11)8-15(2,3)20/h4,7,10,20H,1,5-6,8H2,2-3H3. The molecule has 0 unspecified atom stereocenters. The van der Waals surface area contributed by atoms with Crippen molar-refractivity contribution in [1.29, 1.82) is 0 Å². The maximum atomic E-state index is 14.6. The minimum Gasteiger partial charge on any atom is -0.389 e. The largest absolute Gasteiger partial charge is 0.389 e. The number of halogens is 1. The van der Waals surface area contributed by atoms with Crippen LogP contribution in [0.25, 0.3) is 17.1 Å². The van der Waals surface area contributed by atoms with Crippen molar-refractivity contribution in [3.8, 4) is 0 Å². The average molecular weight is 275 g/mol. The lowest BCUT2D eigenvalue weighted by atomic mass is 10.0. The molecule has 1 aliphatic carbocycles. The van der Waals surface area contributed by atoms with Crippen molar-refractivity contribution in [2.45, 2.75) is 44.8 Å². The maximum Gasteiger partial charge on any atom is 0.136 e. The molecule has 0 amide bonds. The quantitative estimate of drug-likeness (QED) is 0.933. The van der Waals surface area contributed by atoms with E-state index >= 15 is 0 Å². The van der Waals surface area contributed by atoms with E-state index in [1.165, 1.54) is 6.08 Å². The van der Waals surface area contributed by atoms with E-state index in [0.29, 0.717) is 22.2 Å². The van der Waals surface area contributed by atoms with Gasteiger partial charge in [0, 0.05) is 11.1 Å². The number of fused-ring (bicyclic) bond motifs is 1. The molecule has 1 aromatic heterocycles. The average Bonchev–Trinajstić information content (AvgIpc) is 3.11. The van der Waals surface area contributed by atoms with E-state index in [1.54, 1.807) is 24.6 Å². The van der Waals surface area contributed by atoms with Crippen LogP contribution in [0, 0.1) is 5.82 Å². The lowest BCUT2D eigenvalue weighted by molar-refractivity contribution is 0.0584. The van der Waals surface area contributed by atoms with Crippen LogP contribution in [0.3, 0.4) is 0 Å². The molecule has 1 fully saturated rings. The van der Waals surface area contributed by atoms with Crippen LogP contribution in [-0.2, 0) is 6.54 Å². The smallest absolute Gasteiger partial charge is 0.136 e. The highest BCUT2D eigenvalue weighted by atomic mass is 19.1. The Hall–Kier alpha value is -1.75. The summed E-state index contributed by atoms with van der Waals surface area (Å²) in [4.78, 5) is 0. The Balaban J connectivity index is 2.24. The van der Waals surface area contributed by atoms with Crippen molar-refractivity contribution in [2.24, 2.45) is 0 Å². The van der Waals surface area contributed by atoms with Crippen molar-refractivity contribution in [1.82, 2.24) is 15.0 Å². The molecule has 4 nitrogen and oxygen atoms in total. The van der Waals surface area contributed by atoms with E-state index in [4.69, 9.17) is 0 Å². The second-order valence-electron chi connectivity index (χ2n) is 6.10. The third kappa shape index (κ3) is 2.22. The van der Waals surface area contributed by atoms with Gasteiger partial charge in [0.05, 0.1) is 17.7 Å². The molecular formula is C15H18FN3O. The molecule has 20 heavy (non-hydrogen) atoms. The summed E-state index contributed by atoms with van der Waals surface area (Å²) in [6.45, 7) is 7.34. The Kier molecular flexibility index (Phi) is 2.90. The summed E-state index contributed by atoms with van der Waals surface area (Å²) in [5.41, 5.74) is 1.58. The van der Waals surface area contributed by atoms with Crippen molar-refractivity contribution in [2.75, 3.05) is 0 Å². The lowest BCUT2D eigenvalue weighted by Crippen LogP contribution is -2.27. The lowest BCUT2D eigenvalue weighted by Gasteiger charge is -2.18. The third-order valence-corrected chi connectivity index (χ3v) is 3.54. The van der Waals surface area contributed by atoms with E-state index in [9.17, 15) is 9.50 Å². The van der Waals surface area contributed by atoms with Gasteiger partial charge in [0.2, 0.25) is 0 Å². The molecule has 1 aliphatic rings. The molecule has 1 N–H and O–H groups in total. The number of benzene rings is 1. The number of hydrogen-bond donors (Lipinski definition) is 1. The first kappa shape index (κ1) is 13.2. The van der Waals surface area contributed by atoms with Crippen molar-refractivity contribution in [3.05, 3.63) is 29.6 Å². The molecule has 0 saturated heterocycles. The van der Waals surface area contributed by atoms with Gasteiger partial charge in [-0.15, -0.1) is 5.10 Å². The van der Waals surface area contributed by atoms with Crippen LogP contribution in [0.1, 0.15) is 43.7 Å². The molecule has 0 radical (unpaired) electrons. The predicted molar refractivity (Wildman–Crippen MR) is 75.8 cm³/mol. The van der Waals surface area contributed by atoms with Gasteiger partial charge < -0.3 is 5.11 Å². The summed E-state index contributed by atoms with van der Waals surface area (Å²) in [6, 6.07) is 1.66. The zero-order chi connectivity index (χ0) is 14.5. The minimum absolute atomic E-state index is 0.228. The fourth-order valence-corrected chi connectivity index (χ4v) is 2.54. The predicted octanol–water partition coefficient (Wildman–Crippen LogP) is 2.86. The van der Waals surface area contributed by atoms with E-state index in [2.05, 4.69) is 16.9 Å². The van der Waals surface area contributed by atoms with Crippen LogP contribution in [0.15, 0.2) is 12.6 Å². The molecule has 0 atom stereocenters. The number of hydrogen-bond acceptors (Lipinski definition) is 3. The third-order valence-electron chi connectivity index (χ3n) is 3.54. The summed E-state index contributed by atoms with van der Waals surface area (Å²) in [5, 5.41) is 18.2. The van der Waals surface area contributed by atoms with Gasteiger partial charge in [-0.25, -0.2) is 9.07 Å². The van der Waals surface area contributed by atoms with Crippen LogP contribution in [-0.4, -0.2) is 25.7 Å². The fourth-order valence-electron chi connectivity index (χ4n) is 2.54. The SMILES string of the molecule is C=Cc1cc2nnn(CC(C)(C)O)c2c(C2CC2)c1F. The van der Waals surface area contributed by atoms with Crippen molar-refractivity contribution < 1.29 is 9.50 Å². The van der Waals surface area contributed by atoms with Crippen LogP contribution >= 0.6 is 0 Å². The van der Waals surface area contributed by atoms with Crippen LogP contribution in [0.5, 0.6) is 0 Å². The van der Waals surface area contributed by atoms with Gasteiger partial charge in [-0.05, 0) is 38.7 Å². The Bertz CT molecular complexity index is 680. The topological polar surface area (TPSA) is 50.9 Å². The number of aromatic nitrogens is 3. The summed E-state index contributed by atoms with van der Waals surface area (Å²) >= 11 is 0. The van der Waals surface area contributed by atoms with Gasteiger partial charge in [-0.3, -0.25) is 0 Å². The highest BCUT2D eigenvalue weighted by Gasteiger charge is 2.32. The summed E-state index contributed by atoms with van der Waals surface area (Å²) in [7, 11) is 0. The molecule has 0 bridgehead atoms. The maximum absolute atomic E-state index is 14.6. The number of nitrogens with zero attached hydrogens (tertiary/aromatic N) is 3. The van der Waals surface area contributed by atoms with E-state index < -0.39 is 5.60 Å². The van der Waals surface area contributed by atoms with E-state index in [-0.39, 0.29) is 18.3 Å². The highest BCUT2D eigenvalue weighted by Crippen LogP contribution is 2.45. The summed E-state index contributed by atoms with van der Waals surface area (Å²) in [6.07, 6.45) is 3.48. The van der Waals surface area contributed by atoms with E-state index in [0.717, 1.165) is 12.8 Å². The molecule has 3 rings (SSSR count). The zero-order valence-corrected chi connectivity index (χ0v) is 11.7. The molecule has 2 aromatic rings. The summed E-state index contributed by atoms with van der Waals surface area (Å²) in [5.74, 6) is 0.00533. The first-order valence-corrected chi connectivity index (χ1v) is 6.81.